The average Bonchev–Trinajstić information content (AvgIpc) is 3.47. The van der Waals surface area contributed by atoms with Crippen LogP contribution in [0.3, 0.4) is 0 Å². The number of thioether (sulfide) groups is 1. The molecule has 0 radical (unpaired) electrons. The van der Waals surface area contributed by atoms with E-state index in [-0.39, 0.29) is 5.41 Å². The first-order chi connectivity index (χ1) is 13.9. The molecule has 1 aliphatic heterocycles. The van der Waals surface area contributed by atoms with Crippen molar-refractivity contribution in [2.75, 3.05) is 43.4 Å². The molecule has 8 heteroatoms. The fraction of sp³-hybridized carbons (Fsp3) is 0.714. The zero-order chi connectivity index (χ0) is 20.4. The third-order valence-corrected chi connectivity index (χ3v) is 6.46. The summed E-state index contributed by atoms with van der Waals surface area (Å²) in [5.74, 6) is 3.84. The summed E-state index contributed by atoms with van der Waals surface area (Å²) in [6.07, 6.45) is 5.48. The maximum Gasteiger partial charge on any atom is 0.208 e. The number of hydrogen-bond donors (Lipinski definition) is 0. The first kappa shape index (κ1) is 20.6. The fourth-order valence-corrected chi connectivity index (χ4v) is 4.34. The average molecular weight is 416 g/mol. The lowest BCUT2D eigenvalue weighted by atomic mass is 9.95. The molecular weight excluding hydrogens is 382 g/mol. The summed E-state index contributed by atoms with van der Waals surface area (Å²) >= 11 is 1.74. The number of nitrogens with zero attached hydrogens (tertiary/aromatic N) is 7. The lowest BCUT2D eigenvalue weighted by Crippen LogP contribution is -2.47. The number of aryl methyl sites for hydroxylation is 1. The van der Waals surface area contributed by atoms with Crippen LogP contribution in [0.5, 0.6) is 0 Å². The number of piperazine rings is 1. The number of hydrogen-bond acceptors (Lipinski definition) is 7. The molecule has 29 heavy (non-hydrogen) atoms. The minimum atomic E-state index is -0.0123. The van der Waals surface area contributed by atoms with E-state index >= 15 is 0 Å². The summed E-state index contributed by atoms with van der Waals surface area (Å²) in [6, 6.07) is 2.25. The van der Waals surface area contributed by atoms with Crippen molar-refractivity contribution in [3.05, 3.63) is 23.9 Å². The van der Waals surface area contributed by atoms with E-state index in [0.717, 1.165) is 61.7 Å². The third-order valence-electron chi connectivity index (χ3n) is 5.52. The zero-order valence-electron chi connectivity index (χ0n) is 18.1. The van der Waals surface area contributed by atoms with Crippen molar-refractivity contribution >= 4 is 17.6 Å². The smallest absolute Gasteiger partial charge is 0.208 e. The molecule has 0 aromatic carbocycles. The Morgan fingerprint density at radius 3 is 2.48 bits per heavy atom. The largest absolute Gasteiger partial charge is 0.354 e. The molecular formula is C21H33N7S. The molecule has 2 fully saturated rings. The molecule has 0 N–H and O–H groups in total. The van der Waals surface area contributed by atoms with Gasteiger partial charge in [0.05, 0.1) is 0 Å². The maximum absolute atomic E-state index is 4.95. The fourth-order valence-electron chi connectivity index (χ4n) is 3.58. The van der Waals surface area contributed by atoms with Crippen molar-refractivity contribution in [2.24, 2.45) is 7.05 Å². The van der Waals surface area contributed by atoms with Gasteiger partial charge in [-0.25, -0.2) is 15.0 Å². The van der Waals surface area contributed by atoms with E-state index in [9.17, 15) is 0 Å². The van der Waals surface area contributed by atoms with Gasteiger partial charge in [0.2, 0.25) is 5.16 Å². The van der Waals surface area contributed by atoms with Crippen LogP contribution in [0.1, 0.15) is 57.5 Å². The summed E-state index contributed by atoms with van der Waals surface area (Å²) < 4.78 is 1.76. The Kier molecular flexibility index (Phi) is 6.11. The van der Waals surface area contributed by atoms with Crippen LogP contribution in [-0.4, -0.2) is 68.1 Å². The SMILES string of the molecule is Cn1cnc(SCCCN2CCN(c3cc(C4CC4)nc(C(C)(C)C)n3)CC2)n1. The molecule has 3 heterocycles. The van der Waals surface area contributed by atoms with Gasteiger partial charge in [-0.1, -0.05) is 32.5 Å². The Morgan fingerprint density at radius 1 is 1.10 bits per heavy atom. The van der Waals surface area contributed by atoms with Gasteiger partial charge in [-0.3, -0.25) is 9.58 Å². The van der Waals surface area contributed by atoms with Crippen molar-refractivity contribution in [3.63, 3.8) is 0 Å². The van der Waals surface area contributed by atoms with Gasteiger partial charge in [-0.2, -0.15) is 0 Å². The van der Waals surface area contributed by atoms with E-state index in [1.807, 2.05) is 7.05 Å². The first-order valence-corrected chi connectivity index (χ1v) is 11.7. The minimum Gasteiger partial charge on any atom is -0.354 e. The molecule has 7 nitrogen and oxygen atoms in total. The summed E-state index contributed by atoms with van der Waals surface area (Å²) in [4.78, 5) is 19.1. The van der Waals surface area contributed by atoms with E-state index in [1.165, 1.54) is 18.5 Å². The Hall–Kier alpha value is -1.67. The van der Waals surface area contributed by atoms with Gasteiger partial charge in [0, 0.05) is 62.1 Å². The summed E-state index contributed by atoms with van der Waals surface area (Å²) in [7, 11) is 1.91. The second-order valence-corrected chi connectivity index (χ2v) is 10.3. The second-order valence-electron chi connectivity index (χ2n) is 9.23. The predicted molar refractivity (Wildman–Crippen MR) is 118 cm³/mol. The van der Waals surface area contributed by atoms with Gasteiger partial charge in [-0.05, 0) is 25.8 Å². The summed E-state index contributed by atoms with van der Waals surface area (Å²) in [5.41, 5.74) is 1.24. The Morgan fingerprint density at radius 2 is 1.86 bits per heavy atom. The van der Waals surface area contributed by atoms with Crippen molar-refractivity contribution in [3.8, 4) is 0 Å². The molecule has 0 bridgehead atoms. The molecule has 2 aromatic rings. The van der Waals surface area contributed by atoms with E-state index in [4.69, 9.17) is 9.97 Å². The maximum atomic E-state index is 4.95. The lowest BCUT2D eigenvalue weighted by Gasteiger charge is -2.36. The third kappa shape index (κ3) is 5.48. The molecule has 2 aromatic heterocycles. The van der Waals surface area contributed by atoms with Crippen LogP contribution >= 0.6 is 11.8 Å². The van der Waals surface area contributed by atoms with Crippen molar-refractivity contribution in [1.29, 1.82) is 0 Å². The lowest BCUT2D eigenvalue weighted by molar-refractivity contribution is 0.258. The van der Waals surface area contributed by atoms with Gasteiger partial charge in [0.1, 0.15) is 18.0 Å². The van der Waals surface area contributed by atoms with Crippen LogP contribution in [0.4, 0.5) is 5.82 Å². The number of anilines is 1. The quantitative estimate of drug-likeness (QED) is 0.509. The van der Waals surface area contributed by atoms with Gasteiger partial charge in [0.15, 0.2) is 0 Å². The number of rotatable bonds is 7. The highest BCUT2D eigenvalue weighted by molar-refractivity contribution is 7.99. The van der Waals surface area contributed by atoms with Gasteiger partial charge >= 0.3 is 0 Å². The van der Waals surface area contributed by atoms with Crippen molar-refractivity contribution < 1.29 is 0 Å². The molecule has 0 spiro atoms. The van der Waals surface area contributed by atoms with Crippen LogP contribution in [0, 0.1) is 0 Å². The van der Waals surface area contributed by atoms with E-state index < -0.39 is 0 Å². The minimum absolute atomic E-state index is 0.0123. The molecule has 0 amide bonds. The van der Waals surface area contributed by atoms with Gasteiger partial charge < -0.3 is 4.90 Å². The van der Waals surface area contributed by atoms with Gasteiger partial charge in [-0.15, -0.1) is 5.10 Å². The van der Waals surface area contributed by atoms with E-state index in [1.54, 1.807) is 22.8 Å². The molecule has 4 rings (SSSR count). The van der Waals surface area contributed by atoms with Crippen molar-refractivity contribution in [1.82, 2.24) is 29.6 Å². The molecule has 1 aliphatic carbocycles. The van der Waals surface area contributed by atoms with Crippen LogP contribution in [0.25, 0.3) is 0 Å². The highest BCUT2D eigenvalue weighted by Crippen LogP contribution is 2.40. The monoisotopic (exact) mass is 415 g/mol. The molecule has 158 valence electrons. The predicted octanol–water partition coefficient (Wildman–Crippen LogP) is 3.08. The summed E-state index contributed by atoms with van der Waals surface area (Å²) in [6.45, 7) is 12.0. The Labute approximate surface area is 178 Å². The highest BCUT2D eigenvalue weighted by atomic mass is 32.2. The topological polar surface area (TPSA) is 63.0 Å². The normalized spacial score (nSPS) is 18.4. The van der Waals surface area contributed by atoms with Crippen LogP contribution in [-0.2, 0) is 12.5 Å². The van der Waals surface area contributed by atoms with E-state index in [0.29, 0.717) is 5.92 Å². The molecule has 1 saturated heterocycles. The molecule has 0 unspecified atom stereocenters. The highest BCUT2D eigenvalue weighted by Gasteiger charge is 2.29. The van der Waals surface area contributed by atoms with Crippen LogP contribution in [0.15, 0.2) is 17.6 Å². The molecule has 2 aliphatic rings. The Balaban J connectivity index is 1.28. The zero-order valence-corrected chi connectivity index (χ0v) is 19.0. The second kappa shape index (κ2) is 8.60. The molecule has 0 atom stereocenters. The summed E-state index contributed by atoms with van der Waals surface area (Å²) in [5, 5.41) is 5.20. The molecule has 1 saturated carbocycles. The van der Waals surface area contributed by atoms with Crippen molar-refractivity contribution in [2.45, 2.75) is 56.5 Å². The van der Waals surface area contributed by atoms with Crippen LogP contribution < -0.4 is 4.90 Å². The number of aromatic nitrogens is 5. The van der Waals surface area contributed by atoms with Crippen LogP contribution in [0.2, 0.25) is 0 Å². The first-order valence-electron chi connectivity index (χ1n) is 10.7. The Bertz CT molecular complexity index is 817. The standard InChI is InChI=1S/C21H33N7S/c1-21(2,3)19-23-17(16-6-7-16)14-18(24-19)28-11-9-27(10-12-28)8-5-13-29-20-22-15-26(4)25-20/h14-16H,5-13H2,1-4H3. The van der Waals surface area contributed by atoms with E-state index in [2.05, 4.69) is 46.7 Å². The van der Waals surface area contributed by atoms with Gasteiger partial charge in [0.25, 0.3) is 0 Å².